The first kappa shape index (κ1) is 13.5. The molecule has 2 aromatic rings. The third-order valence-corrected chi connectivity index (χ3v) is 3.77. The second-order valence-corrected chi connectivity index (χ2v) is 6.06. The lowest BCUT2D eigenvalue weighted by Gasteiger charge is -2.06. The first-order chi connectivity index (χ1) is 8.74. The van der Waals surface area contributed by atoms with Crippen molar-refractivity contribution in [2.24, 2.45) is 0 Å². The van der Waals surface area contributed by atoms with Crippen LogP contribution in [-0.4, -0.2) is 18.1 Å². The second kappa shape index (κ2) is 6.87. The highest BCUT2D eigenvalue weighted by Gasteiger charge is 1.97. The summed E-state index contributed by atoms with van der Waals surface area (Å²) in [6.45, 7) is 4.37. The summed E-state index contributed by atoms with van der Waals surface area (Å²) in [5.41, 5.74) is 0. The van der Waals surface area contributed by atoms with Gasteiger partial charge in [-0.2, -0.15) is 0 Å². The van der Waals surface area contributed by atoms with Crippen molar-refractivity contribution in [1.29, 1.82) is 0 Å². The Morgan fingerprint density at radius 2 is 2.11 bits per heavy atom. The fourth-order valence-electron chi connectivity index (χ4n) is 1.47. The molecule has 0 aliphatic carbocycles. The van der Waals surface area contributed by atoms with Crippen molar-refractivity contribution in [1.82, 2.24) is 10.3 Å². The van der Waals surface area contributed by atoms with Crippen molar-refractivity contribution in [3.8, 4) is 5.75 Å². The Balaban J connectivity index is 1.63. The lowest BCUT2D eigenvalue weighted by atomic mass is 10.3. The molecule has 0 unspecified atom stereocenters. The molecule has 1 aromatic heterocycles. The number of halogens is 1. The number of aryl methyl sites for hydroxylation is 1. The molecule has 5 heteroatoms. The summed E-state index contributed by atoms with van der Waals surface area (Å²) in [4.78, 5) is 5.47. The number of rotatable bonds is 6. The first-order valence-corrected chi connectivity index (χ1v) is 7.35. The number of nitrogens with zero attached hydrogens (tertiary/aromatic N) is 1. The molecule has 0 saturated carbocycles. The van der Waals surface area contributed by atoms with Gasteiger partial charge in [0.05, 0.1) is 5.01 Å². The number of benzene rings is 1. The number of thiazole rings is 1. The van der Waals surface area contributed by atoms with Gasteiger partial charge < -0.3 is 10.1 Å². The summed E-state index contributed by atoms with van der Waals surface area (Å²) in [6.07, 6.45) is 1.92. The quantitative estimate of drug-likeness (QED) is 0.826. The van der Waals surface area contributed by atoms with Crippen LogP contribution >= 0.6 is 27.3 Å². The van der Waals surface area contributed by atoms with E-state index in [9.17, 15) is 0 Å². The molecule has 0 radical (unpaired) electrons. The van der Waals surface area contributed by atoms with Crippen LogP contribution in [-0.2, 0) is 6.54 Å². The zero-order valence-corrected chi connectivity index (χ0v) is 12.6. The van der Waals surface area contributed by atoms with Crippen LogP contribution in [0.4, 0.5) is 0 Å². The van der Waals surface area contributed by atoms with E-state index in [2.05, 4.69) is 26.2 Å². The van der Waals surface area contributed by atoms with E-state index < -0.39 is 0 Å². The van der Waals surface area contributed by atoms with Gasteiger partial charge in [-0.15, -0.1) is 11.3 Å². The minimum atomic E-state index is 0.666. The number of hydrogen-bond acceptors (Lipinski definition) is 4. The fraction of sp³-hybridized carbons (Fsp3) is 0.308. The van der Waals surface area contributed by atoms with E-state index in [-0.39, 0.29) is 0 Å². The Labute approximate surface area is 119 Å². The average molecular weight is 327 g/mol. The number of hydrogen-bond donors (Lipinski definition) is 1. The maximum atomic E-state index is 5.61. The van der Waals surface area contributed by atoms with Gasteiger partial charge in [-0.25, -0.2) is 4.98 Å². The standard InChI is InChI=1S/C13H15BrN2OS/c1-10-16-9-13(18-10)8-15-6-7-17-12-4-2-11(14)3-5-12/h2-5,9,15H,6-8H2,1H3. The van der Waals surface area contributed by atoms with E-state index in [1.54, 1.807) is 11.3 Å². The van der Waals surface area contributed by atoms with Gasteiger partial charge in [0.1, 0.15) is 12.4 Å². The fourth-order valence-corrected chi connectivity index (χ4v) is 2.50. The molecule has 0 fully saturated rings. The number of nitrogens with one attached hydrogen (secondary N) is 1. The molecule has 0 aliphatic rings. The van der Waals surface area contributed by atoms with Crippen LogP contribution in [0.2, 0.25) is 0 Å². The van der Waals surface area contributed by atoms with Gasteiger partial charge in [0, 0.05) is 28.6 Å². The number of aromatic nitrogens is 1. The molecule has 0 saturated heterocycles. The topological polar surface area (TPSA) is 34.2 Å². The molecule has 0 bridgehead atoms. The van der Waals surface area contributed by atoms with Crippen molar-refractivity contribution in [2.75, 3.05) is 13.2 Å². The van der Waals surface area contributed by atoms with Crippen LogP contribution in [0.1, 0.15) is 9.88 Å². The summed E-state index contributed by atoms with van der Waals surface area (Å²) < 4.78 is 6.67. The zero-order valence-electron chi connectivity index (χ0n) is 10.1. The normalized spacial score (nSPS) is 10.6. The summed E-state index contributed by atoms with van der Waals surface area (Å²) >= 11 is 5.12. The lowest BCUT2D eigenvalue weighted by Crippen LogP contribution is -2.20. The van der Waals surface area contributed by atoms with Gasteiger partial charge in [-0.1, -0.05) is 15.9 Å². The summed E-state index contributed by atoms with van der Waals surface area (Å²) in [7, 11) is 0. The largest absolute Gasteiger partial charge is 0.492 e. The molecule has 2 rings (SSSR count). The molecule has 96 valence electrons. The third kappa shape index (κ3) is 4.40. The van der Waals surface area contributed by atoms with Gasteiger partial charge >= 0.3 is 0 Å². The SMILES string of the molecule is Cc1ncc(CNCCOc2ccc(Br)cc2)s1. The van der Waals surface area contributed by atoms with Gasteiger partial charge in [0.15, 0.2) is 0 Å². The Kier molecular flexibility index (Phi) is 5.16. The zero-order chi connectivity index (χ0) is 12.8. The molecule has 0 aliphatic heterocycles. The molecule has 1 N–H and O–H groups in total. The molecule has 0 amide bonds. The highest BCUT2D eigenvalue weighted by Crippen LogP contribution is 2.15. The molecule has 0 atom stereocenters. The molecule has 1 heterocycles. The monoisotopic (exact) mass is 326 g/mol. The highest BCUT2D eigenvalue weighted by atomic mass is 79.9. The van der Waals surface area contributed by atoms with Gasteiger partial charge in [0.2, 0.25) is 0 Å². The van der Waals surface area contributed by atoms with E-state index >= 15 is 0 Å². The third-order valence-electron chi connectivity index (χ3n) is 2.33. The van der Waals surface area contributed by atoms with E-state index in [4.69, 9.17) is 4.74 Å². The van der Waals surface area contributed by atoms with Crippen molar-refractivity contribution >= 4 is 27.3 Å². The van der Waals surface area contributed by atoms with Crippen LogP contribution in [0.5, 0.6) is 5.75 Å². The summed E-state index contributed by atoms with van der Waals surface area (Å²) in [6, 6.07) is 7.86. The molecular weight excluding hydrogens is 312 g/mol. The Hall–Kier alpha value is -0.910. The second-order valence-electron chi connectivity index (χ2n) is 3.82. The predicted octanol–water partition coefficient (Wildman–Crippen LogP) is 3.38. The molecule has 3 nitrogen and oxygen atoms in total. The minimum absolute atomic E-state index is 0.666. The van der Waals surface area contributed by atoms with E-state index in [1.807, 2.05) is 37.4 Å². The summed E-state index contributed by atoms with van der Waals surface area (Å²) in [5.74, 6) is 0.897. The Morgan fingerprint density at radius 3 is 2.78 bits per heavy atom. The van der Waals surface area contributed by atoms with E-state index in [1.165, 1.54) is 4.88 Å². The van der Waals surface area contributed by atoms with Gasteiger partial charge in [0.25, 0.3) is 0 Å². The van der Waals surface area contributed by atoms with Crippen LogP contribution in [0.3, 0.4) is 0 Å². The van der Waals surface area contributed by atoms with Crippen molar-refractivity contribution < 1.29 is 4.74 Å². The average Bonchev–Trinajstić information content (AvgIpc) is 2.77. The lowest BCUT2D eigenvalue weighted by molar-refractivity contribution is 0.314. The van der Waals surface area contributed by atoms with Gasteiger partial charge in [-0.3, -0.25) is 0 Å². The van der Waals surface area contributed by atoms with Crippen molar-refractivity contribution in [3.05, 3.63) is 44.8 Å². The van der Waals surface area contributed by atoms with E-state index in [0.29, 0.717) is 6.61 Å². The van der Waals surface area contributed by atoms with Gasteiger partial charge in [-0.05, 0) is 31.2 Å². The molecule has 1 aromatic carbocycles. The van der Waals surface area contributed by atoms with Crippen molar-refractivity contribution in [3.63, 3.8) is 0 Å². The molecular formula is C13H15BrN2OS. The molecule has 18 heavy (non-hydrogen) atoms. The summed E-state index contributed by atoms with van der Waals surface area (Å²) in [5, 5.41) is 4.44. The van der Waals surface area contributed by atoms with Crippen LogP contribution < -0.4 is 10.1 Å². The Bertz CT molecular complexity index is 484. The maximum Gasteiger partial charge on any atom is 0.119 e. The highest BCUT2D eigenvalue weighted by molar-refractivity contribution is 9.10. The van der Waals surface area contributed by atoms with Crippen LogP contribution in [0.25, 0.3) is 0 Å². The minimum Gasteiger partial charge on any atom is -0.492 e. The molecule has 0 spiro atoms. The van der Waals surface area contributed by atoms with Crippen molar-refractivity contribution in [2.45, 2.75) is 13.5 Å². The number of ether oxygens (including phenoxy) is 1. The smallest absolute Gasteiger partial charge is 0.119 e. The van der Waals surface area contributed by atoms with Crippen LogP contribution in [0.15, 0.2) is 34.9 Å². The predicted molar refractivity (Wildman–Crippen MR) is 78.2 cm³/mol. The van der Waals surface area contributed by atoms with E-state index in [0.717, 1.165) is 28.3 Å². The Morgan fingerprint density at radius 1 is 1.33 bits per heavy atom. The van der Waals surface area contributed by atoms with Crippen LogP contribution in [0, 0.1) is 6.92 Å². The first-order valence-electron chi connectivity index (χ1n) is 5.74. The maximum absolute atomic E-state index is 5.61.